The van der Waals surface area contributed by atoms with Gasteiger partial charge in [0.15, 0.2) is 5.54 Å². The lowest BCUT2D eigenvalue weighted by Gasteiger charge is -2.50. The fourth-order valence-electron chi connectivity index (χ4n) is 5.04. The van der Waals surface area contributed by atoms with Gasteiger partial charge in [0.2, 0.25) is 5.91 Å². The minimum Gasteiger partial charge on any atom is -0.469 e. The van der Waals surface area contributed by atoms with Crippen LogP contribution in [0.2, 0.25) is 0 Å². The molecule has 0 aromatic rings. The Hall–Kier alpha value is -1.43. The van der Waals surface area contributed by atoms with Crippen molar-refractivity contribution < 1.29 is 14.3 Å². The number of carbonyl (C=O) groups is 2. The number of carbonyl (C=O) groups excluding carboxylic acids is 2. The molecular formula is C17H27N3O3. The highest BCUT2D eigenvalue weighted by Crippen LogP contribution is 2.54. The van der Waals surface area contributed by atoms with Gasteiger partial charge in [0.25, 0.3) is 0 Å². The van der Waals surface area contributed by atoms with E-state index in [2.05, 4.69) is 23.7 Å². The van der Waals surface area contributed by atoms with Crippen molar-refractivity contribution in [3.63, 3.8) is 0 Å². The number of nitrogens with two attached hydrogens (primary N) is 1. The number of primary amides is 1. The Balaban J connectivity index is 1.90. The van der Waals surface area contributed by atoms with Gasteiger partial charge in [-0.3, -0.25) is 19.5 Å². The predicted molar refractivity (Wildman–Crippen MR) is 87.0 cm³/mol. The number of ether oxygens (including phenoxy) is 1. The molecule has 0 radical (unpaired) electrons. The number of likely N-dealkylation sites (tertiary alicyclic amines) is 1. The van der Waals surface area contributed by atoms with E-state index in [1.165, 1.54) is 7.11 Å². The summed E-state index contributed by atoms with van der Waals surface area (Å²) >= 11 is 0. The molecule has 5 atom stereocenters. The zero-order valence-electron chi connectivity index (χ0n) is 14.2. The van der Waals surface area contributed by atoms with E-state index in [1.807, 2.05) is 6.21 Å². The minimum absolute atomic E-state index is 0.0285. The summed E-state index contributed by atoms with van der Waals surface area (Å²) in [6.07, 6.45) is 3.99. The van der Waals surface area contributed by atoms with Crippen molar-refractivity contribution in [1.82, 2.24) is 4.90 Å². The van der Waals surface area contributed by atoms with E-state index < -0.39 is 5.54 Å². The lowest BCUT2D eigenvalue weighted by atomic mass is 9.60. The van der Waals surface area contributed by atoms with Crippen LogP contribution in [0.4, 0.5) is 0 Å². The molecule has 0 aromatic heterocycles. The molecule has 2 N–H and O–H groups in total. The van der Waals surface area contributed by atoms with Crippen LogP contribution in [-0.4, -0.2) is 54.8 Å². The van der Waals surface area contributed by atoms with E-state index in [1.54, 1.807) is 0 Å². The molecule has 1 aliphatic carbocycles. The zero-order valence-corrected chi connectivity index (χ0v) is 14.2. The van der Waals surface area contributed by atoms with Gasteiger partial charge in [0, 0.05) is 37.7 Å². The Morgan fingerprint density at radius 2 is 2.22 bits per heavy atom. The minimum atomic E-state index is -0.787. The van der Waals surface area contributed by atoms with Crippen molar-refractivity contribution in [3.8, 4) is 0 Å². The van der Waals surface area contributed by atoms with Crippen molar-refractivity contribution in [1.29, 1.82) is 0 Å². The first-order valence-electron chi connectivity index (χ1n) is 8.56. The highest BCUT2D eigenvalue weighted by Gasteiger charge is 2.66. The van der Waals surface area contributed by atoms with Gasteiger partial charge in [-0.15, -0.1) is 0 Å². The molecule has 1 saturated heterocycles. The third-order valence-corrected chi connectivity index (χ3v) is 5.82. The summed E-state index contributed by atoms with van der Waals surface area (Å²) < 4.78 is 4.79. The number of hydrogen-bond donors (Lipinski definition) is 1. The molecule has 3 aliphatic heterocycles. The largest absolute Gasteiger partial charge is 0.469 e. The van der Waals surface area contributed by atoms with Crippen LogP contribution in [-0.2, 0) is 14.3 Å². The second-order valence-corrected chi connectivity index (χ2v) is 7.64. The summed E-state index contributed by atoms with van der Waals surface area (Å²) in [5, 5.41) is 0. The van der Waals surface area contributed by atoms with E-state index in [9.17, 15) is 9.59 Å². The van der Waals surface area contributed by atoms with Crippen molar-refractivity contribution in [2.24, 2.45) is 34.4 Å². The van der Waals surface area contributed by atoms with E-state index >= 15 is 0 Å². The number of rotatable bonds is 6. The number of aliphatic imine (C=N–C) groups is 1. The third kappa shape index (κ3) is 2.47. The van der Waals surface area contributed by atoms with Gasteiger partial charge < -0.3 is 10.5 Å². The second kappa shape index (κ2) is 5.89. The summed E-state index contributed by atoms with van der Waals surface area (Å²) in [6.45, 7) is 6.19. The Morgan fingerprint density at radius 3 is 2.83 bits per heavy atom. The summed E-state index contributed by atoms with van der Waals surface area (Å²) in [5.41, 5.74) is 5.04. The topological polar surface area (TPSA) is 85.0 Å². The summed E-state index contributed by atoms with van der Waals surface area (Å²) in [5.74, 6) is 0.818. The Kier molecular flexibility index (Phi) is 4.21. The molecule has 4 bridgehead atoms. The van der Waals surface area contributed by atoms with Crippen molar-refractivity contribution in [2.45, 2.75) is 44.7 Å². The maximum atomic E-state index is 12.4. The summed E-state index contributed by atoms with van der Waals surface area (Å²) in [6, 6.07) is 0.0285. The molecule has 1 amide bonds. The normalized spacial score (nSPS) is 38.3. The van der Waals surface area contributed by atoms with Gasteiger partial charge in [-0.25, -0.2) is 0 Å². The van der Waals surface area contributed by atoms with Crippen LogP contribution < -0.4 is 5.73 Å². The van der Waals surface area contributed by atoms with Crippen LogP contribution in [0.15, 0.2) is 4.99 Å². The summed E-state index contributed by atoms with van der Waals surface area (Å²) in [7, 11) is 1.42. The smallest absolute Gasteiger partial charge is 0.305 e. The fourth-order valence-corrected chi connectivity index (χ4v) is 5.04. The van der Waals surface area contributed by atoms with Crippen LogP contribution in [0.5, 0.6) is 0 Å². The van der Waals surface area contributed by atoms with Crippen LogP contribution in [0, 0.1) is 23.7 Å². The van der Waals surface area contributed by atoms with Gasteiger partial charge in [-0.1, -0.05) is 13.8 Å². The first kappa shape index (κ1) is 16.4. The molecule has 128 valence electrons. The van der Waals surface area contributed by atoms with Crippen LogP contribution in [0.3, 0.4) is 0 Å². The molecule has 4 aliphatic rings. The Morgan fingerprint density at radius 1 is 1.48 bits per heavy atom. The average molecular weight is 321 g/mol. The van der Waals surface area contributed by atoms with Gasteiger partial charge in [0.1, 0.15) is 0 Å². The number of hydrogen-bond acceptors (Lipinski definition) is 5. The zero-order chi connectivity index (χ0) is 16.8. The molecule has 3 heterocycles. The molecule has 6 nitrogen and oxygen atoms in total. The van der Waals surface area contributed by atoms with Crippen LogP contribution in [0.25, 0.3) is 0 Å². The highest BCUT2D eigenvalue weighted by molar-refractivity contribution is 5.91. The van der Waals surface area contributed by atoms with Gasteiger partial charge in [-0.05, 0) is 30.6 Å². The first-order valence-corrected chi connectivity index (χ1v) is 8.56. The molecule has 0 spiro atoms. The first-order chi connectivity index (χ1) is 10.9. The molecule has 1 saturated carbocycles. The molecule has 0 aromatic carbocycles. The SMILES string of the molecule is COC(=O)CCC1C2C=NC3(C(N)=O)C(C2)CN(CC(C)C)C13. The van der Waals surface area contributed by atoms with E-state index in [0.29, 0.717) is 18.3 Å². The number of amides is 1. The predicted octanol–water partition coefficient (Wildman–Crippen LogP) is 0.841. The summed E-state index contributed by atoms with van der Waals surface area (Å²) in [4.78, 5) is 31.0. The molecule has 6 heteroatoms. The molecular weight excluding hydrogens is 294 g/mol. The monoisotopic (exact) mass is 321 g/mol. The lowest BCUT2D eigenvalue weighted by molar-refractivity contribution is -0.141. The third-order valence-electron chi connectivity index (χ3n) is 5.82. The number of methoxy groups -OCH3 is 1. The Bertz CT molecular complexity index is 533. The van der Waals surface area contributed by atoms with Crippen molar-refractivity contribution in [2.75, 3.05) is 20.2 Å². The maximum absolute atomic E-state index is 12.4. The van der Waals surface area contributed by atoms with Crippen LogP contribution in [0.1, 0.15) is 33.1 Å². The molecule has 23 heavy (non-hydrogen) atoms. The van der Waals surface area contributed by atoms with Crippen LogP contribution >= 0.6 is 0 Å². The van der Waals surface area contributed by atoms with Gasteiger partial charge >= 0.3 is 5.97 Å². The van der Waals surface area contributed by atoms with Gasteiger partial charge in [-0.2, -0.15) is 0 Å². The quantitative estimate of drug-likeness (QED) is 0.735. The average Bonchev–Trinajstić information content (AvgIpc) is 2.75. The molecule has 5 unspecified atom stereocenters. The second-order valence-electron chi connectivity index (χ2n) is 7.64. The Labute approximate surface area is 137 Å². The standard InChI is InChI=1S/C17H27N3O3/c1-10(2)8-20-9-12-6-11-7-19-17(12,16(18)22)15(20)13(11)4-5-14(21)23-3/h7,10-13,15H,4-6,8-9H2,1-3H3,(H2,18,22). The maximum Gasteiger partial charge on any atom is 0.305 e. The molecule has 2 fully saturated rings. The molecule has 4 rings (SSSR count). The van der Waals surface area contributed by atoms with E-state index in [4.69, 9.17) is 10.5 Å². The van der Waals surface area contributed by atoms with E-state index in [-0.39, 0.29) is 29.8 Å². The fraction of sp³-hybridized carbons (Fsp3) is 0.824. The van der Waals surface area contributed by atoms with Crippen molar-refractivity contribution in [3.05, 3.63) is 0 Å². The van der Waals surface area contributed by atoms with Gasteiger partial charge in [0.05, 0.1) is 7.11 Å². The lowest BCUT2D eigenvalue weighted by Crippen LogP contribution is -2.65. The van der Waals surface area contributed by atoms with E-state index in [0.717, 1.165) is 25.9 Å². The number of nitrogens with zero attached hydrogens (tertiary/aromatic N) is 2. The van der Waals surface area contributed by atoms with Crippen molar-refractivity contribution >= 4 is 18.1 Å². The highest BCUT2D eigenvalue weighted by atomic mass is 16.5. The number of esters is 1.